The van der Waals surface area contributed by atoms with E-state index in [9.17, 15) is 36.2 Å². The van der Waals surface area contributed by atoms with Gasteiger partial charge in [0.25, 0.3) is 0 Å². The maximum absolute atomic E-state index is 13.5. The summed E-state index contributed by atoms with van der Waals surface area (Å²) in [5.74, 6) is -1.78. The van der Waals surface area contributed by atoms with Crippen LogP contribution in [-0.4, -0.2) is 11.0 Å². The zero-order valence-electron chi connectivity index (χ0n) is 19.5. The van der Waals surface area contributed by atoms with Crippen LogP contribution in [0.1, 0.15) is 57.7 Å². The number of aromatic nitrogens is 1. The Morgan fingerprint density at radius 2 is 1.51 bits per heavy atom. The molecule has 0 radical (unpaired) electrons. The van der Waals surface area contributed by atoms with Gasteiger partial charge < -0.3 is 14.6 Å². The summed E-state index contributed by atoms with van der Waals surface area (Å²) >= 11 is 0. The molecule has 0 bridgehead atoms. The minimum atomic E-state index is -4.86. The first kappa shape index (κ1) is 28.7. The van der Waals surface area contributed by atoms with E-state index in [0.29, 0.717) is 24.1 Å². The molecule has 188 valence electrons. The van der Waals surface area contributed by atoms with E-state index in [-0.39, 0.29) is 71.6 Å². The molecular formula is C26H18F6NNaO3. The number of hydrogen-bond donors (Lipinski definition) is 0. The van der Waals surface area contributed by atoms with Crippen LogP contribution in [0.2, 0.25) is 0 Å². The molecule has 0 aliphatic heterocycles. The molecule has 2 aromatic carbocycles. The van der Waals surface area contributed by atoms with Gasteiger partial charge in [-0.25, -0.2) is 4.98 Å². The number of rotatable bonds is 6. The minimum absolute atomic E-state index is 0. The third-order valence-corrected chi connectivity index (χ3v) is 5.76. The Bertz CT molecular complexity index is 1320. The number of benzene rings is 2. The molecule has 0 saturated heterocycles. The van der Waals surface area contributed by atoms with Gasteiger partial charge in [0.1, 0.15) is 12.4 Å². The SMILES string of the molecule is O=C([O-])c1cc(C(F)(F)F)cc(C2=C(c3cc(C(F)(F)F)ccc3OCc3ccccc3)CCC2)n1.[Na+]. The Kier molecular flexibility index (Phi) is 8.77. The summed E-state index contributed by atoms with van der Waals surface area (Å²) in [5.41, 5.74) is -1.99. The van der Waals surface area contributed by atoms with Crippen molar-refractivity contribution in [2.75, 3.05) is 0 Å². The van der Waals surface area contributed by atoms with E-state index >= 15 is 0 Å². The van der Waals surface area contributed by atoms with Crippen molar-refractivity contribution in [3.63, 3.8) is 0 Å². The van der Waals surface area contributed by atoms with Crippen molar-refractivity contribution in [1.82, 2.24) is 4.98 Å². The van der Waals surface area contributed by atoms with E-state index < -0.39 is 35.1 Å². The van der Waals surface area contributed by atoms with E-state index in [0.717, 1.165) is 17.7 Å². The number of carbonyl (C=O) groups excluding carboxylic acids is 1. The normalized spacial score (nSPS) is 13.9. The second kappa shape index (κ2) is 11.3. The van der Waals surface area contributed by atoms with Crippen molar-refractivity contribution in [2.45, 2.75) is 38.2 Å². The fourth-order valence-electron chi connectivity index (χ4n) is 4.08. The topological polar surface area (TPSA) is 62.2 Å². The number of aromatic carboxylic acids is 1. The van der Waals surface area contributed by atoms with Gasteiger partial charge in [-0.2, -0.15) is 26.3 Å². The van der Waals surface area contributed by atoms with Crippen LogP contribution >= 0.6 is 0 Å². The first-order chi connectivity index (χ1) is 16.9. The van der Waals surface area contributed by atoms with Gasteiger partial charge in [-0.3, -0.25) is 0 Å². The van der Waals surface area contributed by atoms with Crippen LogP contribution in [0.4, 0.5) is 26.3 Å². The van der Waals surface area contributed by atoms with Gasteiger partial charge >= 0.3 is 41.9 Å². The summed E-state index contributed by atoms with van der Waals surface area (Å²) in [6, 6.07) is 12.9. The van der Waals surface area contributed by atoms with Gasteiger partial charge in [-0.05, 0) is 66.3 Å². The molecule has 11 heteroatoms. The summed E-state index contributed by atoms with van der Waals surface area (Å²) in [5, 5.41) is 11.3. The molecule has 1 heterocycles. The van der Waals surface area contributed by atoms with E-state index in [1.807, 2.05) is 0 Å². The van der Waals surface area contributed by atoms with Gasteiger partial charge in [-0.15, -0.1) is 0 Å². The zero-order chi connectivity index (χ0) is 26.1. The summed E-state index contributed by atoms with van der Waals surface area (Å²) in [4.78, 5) is 15.1. The van der Waals surface area contributed by atoms with Crippen molar-refractivity contribution in [3.05, 3.63) is 94.3 Å². The number of ether oxygens (including phenoxy) is 1. The molecule has 0 fully saturated rings. The molecule has 1 aliphatic rings. The predicted molar refractivity (Wildman–Crippen MR) is 116 cm³/mol. The third kappa shape index (κ3) is 6.74. The van der Waals surface area contributed by atoms with Crippen LogP contribution in [0.3, 0.4) is 0 Å². The molecule has 0 spiro atoms. The molecule has 1 aromatic heterocycles. The Balaban J connectivity index is 0.00000380. The molecule has 1 aliphatic carbocycles. The van der Waals surface area contributed by atoms with E-state index in [1.54, 1.807) is 30.3 Å². The number of halogens is 6. The van der Waals surface area contributed by atoms with Crippen LogP contribution in [0.25, 0.3) is 11.1 Å². The average Bonchev–Trinajstić information content (AvgIpc) is 3.31. The summed E-state index contributed by atoms with van der Waals surface area (Å²) in [6.45, 7) is 0.0540. The summed E-state index contributed by atoms with van der Waals surface area (Å²) in [6.07, 6.45) is -8.65. The van der Waals surface area contributed by atoms with Crippen LogP contribution in [0.5, 0.6) is 5.75 Å². The molecule has 3 aromatic rings. The second-order valence-corrected chi connectivity index (χ2v) is 8.21. The first-order valence-corrected chi connectivity index (χ1v) is 10.8. The van der Waals surface area contributed by atoms with Crippen LogP contribution in [0.15, 0.2) is 60.7 Å². The van der Waals surface area contributed by atoms with E-state index in [4.69, 9.17) is 4.74 Å². The Labute approximate surface area is 230 Å². The van der Waals surface area contributed by atoms with Crippen LogP contribution < -0.4 is 39.4 Å². The van der Waals surface area contributed by atoms with Gasteiger partial charge in [-0.1, -0.05) is 30.3 Å². The number of allylic oxidation sites excluding steroid dienone is 2. The summed E-state index contributed by atoms with van der Waals surface area (Å²) < 4.78 is 86.6. The summed E-state index contributed by atoms with van der Waals surface area (Å²) in [7, 11) is 0. The number of carboxylic acid groups (broad SMARTS) is 1. The quantitative estimate of drug-likeness (QED) is 0.364. The minimum Gasteiger partial charge on any atom is -0.543 e. The molecule has 0 N–H and O–H groups in total. The van der Waals surface area contributed by atoms with Gasteiger partial charge in [0.05, 0.1) is 28.5 Å². The Morgan fingerprint density at radius 1 is 0.865 bits per heavy atom. The van der Waals surface area contributed by atoms with E-state index in [2.05, 4.69) is 4.98 Å². The fraction of sp³-hybridized carbons (Fsp3) is 0.231. The zero-order valence-corrected chi connectivity index (χ0v) is 21.5. The number of pyridine rings is 1. The van der Waals surface area contributed by atoms with Crippen molar-refractivity contribution < 1.29 is 70.5 Å². The molecule has 4 nitrogen and oxygen atoms in total. The number of carbonyl (C=O) groups is 1. The number of carboxylic acids is 1. The Morgan fingerprint density at radius 3 is 2.14 bits per heavy atom. The van der Waals surface area contributed by atoms with Gasteiger partial charge in [0.2, 0.25) is 0 Å². The third-order valence-electron chi connectivity index (χ3n) is 5.76. The largest absolute Gasteiger partial charge is 1.00 e. The second-order valence-electron chi connectivity index (χ2n) is 8.21. The van der Waals surface area contributed by atoms with Crippen molar-refractivity contribution >= 4 is 17.1 Å². The fourth-order valence-corrected chi connectivity index (χ4v) is 4.08. The molecular weight excluding hydrogens is 511 g/mol. The predicted octanol–water partition coefficient (Wildman–Crippen LogP) is 3.16. The maximum Gasteiger partial charge on any atom is 1.00 e. The van der Waals surface area contributed by atoms with Gasteiger partial charge in [0, 0.05) is 5.56 Å². The first-order valence-electron chi connectivity index (χ1n) is 10.8. The number of alkyl halides is 6. The molecule has 0 atom stereocenters. The van der Waals surface area contributed by atoms with E-state index in [1.165, 1.54) is 6.07 Å². The number of nitrogens with zero attached hydrogens (tertiary/aromatic N) is 1. The van der Waals surface area contributed by atoms with Crippen molar-refractivity contribution in [1.29, 1.82) is 0 Å². The van der Waals surface area contributed by atoms with Crippen LogP contribution in [-0.2, 0) is 19.0 Å². The molecule has 0 amide bonds. The van der Waals surface area contributed by atoms with Gasteiger partial charge in [0.15, 0.2) is 0 Å². The van der Waals surface area contributed by atoms with Crippen molar-refractivity contribution in [2.24, 2.45) is 0 Å². The molecule has 4 rings (SSSR count). The number of hydrogen-bond acceptors (Lipinski definition) is 4. The monoisotopic (exact) mass is 529 g/mol. The maximum atomic E-state index is 13.5. The smallest absolute Gasteiger partial charge is 0.543 e. The Hall–Kier alpha value is -2.82. The van der Waals surface area contributed by atoms with Crippen molar-refractivity contribution in [3.8, 4) is 5.75 Å². The average molecular weight is 529 g/mol. The molecule has 0 unspecified atom stereocenters. The van der Waals surface area contributed by atoms with Crippen LogP contribution in [0, 0.1) is 0 Å². The molecule has 37 heavy (non-hydrogen) atoms. The molecule has 0 saturated carbocycles. The standard InChI is InChI=1S/C26H19F6NO3.Na/c27-25(28,29)16-9-10-23(36-14-15-5-2-1-3-6-15)20(11-16)18-7-4-8-19(18)21-12-17(26(30,31)32)13-22(33-21)24(34)35;/h1-3,5-6,9-13H,4,7-8,14H2,(H,34,35);/q;+1/p-1.